The highest BCUT2D eigenvalue weighted by Gasteiger charge is 2.18. The highest BCUT2D eigenvalue weighted by Crippen LogP contribution is 2.21. The largest absolute Gasteiger partial charge is 0.494 e. The molecular weight excluding hydrogens is 400 g/mol. The summed E-state index contributed by atoms with van der Waals surface area (Å²) in [6.45, 7) is 2.84. The maximum Gasteiger partial charge on any atom is 0.261 e. The van der Waals surface area contributed by atoms with Crippen LogP contribution in [0.5, 0.6) is 5.75 Å². The number of hydrogen-bond donors (Lipinski definition) is 1. The maximum absolute atomic E-state index is 12.8. The molecule has 0 fully saturated rings. The molecule has 7 heteroatoms. The number of ether oxygens (including phenoxy) is 1. The fraction of sp³-hybridized carbons (Fsp3) is 0.174. The summed E-state index contributed by atoms with van der Waals surface area (Å²) in [4.78, 5) is 14.4. The Hall–Kier alpha value is -3.32. The SMILES string of the molecule is CCOc1ccc(NS(=O)(=O)c2cccc(C(=O)N(C)Cc3ccccc3)c2)cc1. The summed E-state index contributed by atoms with van der Waals surface area (Å²) >= 11 is 0. The van der Waals surface area contributed by atoms with Crippen molar-refractivity contribution in [1.82, 2.24) is 4.90 Å². The van der Waals surface area contributed by atoms with Crippen LogP contribution in [-0.4, -0.2) is 32.9 Å². The number of nitrogens with zero attached hydrogens (tertiary/aromatic N) is 1. The van der Waals surface area contributed by atoms with Gasteiger partial charge in [0.2, 0.25) is 0 Å². The third-order valence-electron chi connectivity index (χ3n) is 4.42. The normalized spacial score (nSPS) is 11.0. The third-order valence-corrected chi connectivity index (χ3v) is 5.80. The fourth-order valence-electron chi connectivity index (χ4n) is 2.95. The second-order valence-corrected chi connectivity index (χ2v) is 8.42. The molecule has 0 unspecified atom stereocenters. The summed E-state index contributed by atoms with van der Waals surface area (Å²) < 4.78 is 33.5. The minimum atomic E-state index is -3.84. The van der Waals surface area contributed by atoms with Crippen molar-refractivity contribution >= 4 is 21.6 Å². The lowest BCUT2D eigenvalue weighted by Gasteiger charge is -2.18. The van der Waals surface area contributed by atoms with Gasteiger partial charge in [0.1, 0.15) is 5.75 Å². The Morgan fingerprint density at radius 1 is 0.967 bits per heavy atom. The molecule has 3 aromatic rings. The van der Waals surface area contributed by atoms with Gasteiger partial charge >= 0.3 is 0 Å². The van der Waals surface area contributed by atoms with Gasteiger partial charge in [0.25, 0.3) is 15.9 Å². The van der Waals surface area contributed by atoms with E-state index in [-0.39, 0.29) is 10.8 Å². The molecular formula is C23H24N2O4S. The Morgan fingerprint density at radius 2 is 1.67 bits per heavy atom. The first kappa shape index (κ1) is 21.4. The molecule has 0 radical (unpaired) electrons. The van der Waals surface area contributed by atoms with Crippen LogP contribution in [0.1, 0.15) is 22.8 Å². The van der Waals surface area contributed by atoms with E-state index >= 15 is 0 Å². The monoisotopic (exact) mass is 424 g/mol. The van der Waals surface area contributed by atoms with Gasteiger partial charge in [0, 0.05) is 24.8 Å². The maximum atomic E-state index is 12.8. The summed E-state index contributed by atoms with van der Waals surface area (Å²) in [6.07, 6.45) is 0. The van der Waals surface area contributed by atoms with Crippen molar-refractivity contribution in [3.63, 3.8) is 0 Å². The number of amides is 1. The molecule has 0 aliphatic heterocycles. The molecule has 0 spiro atoms. The number of hydrogen-bond acceptors (Lipinski definition) is 4. The lowest BCUT2D eigenvalue weighted by molar-refractivity contribution is 0.0785. The zero-order chi connectivity index (χ0) is 21.6. The van der Waals surface area contributed by atoms with E-state index in [4.69, 9.17) is 4.74 Å². The van der Waals surface area contributed by atoms with Crippen molar-refractivity contribution in [3.05, 3.63) is 90.0 Å². The highest BCUT2D eigenvalue weighted by atomic mass is 32.2. The smallest absolute Gasteiger partial charge is 0.261 e. The first-order valence-electron chi connectivity index (χ1n) is 9.54. The summed E-state index contributed by atoms with van der Waals surface area (Å²) in [5.74, 6) is 0.409. The second kappa shape index (κ2) is 9.45. The minimum Gasteiger partial charge on any atom is -0.494 e. The first-order valence-corrected chi connectivity index (χ1v) is 11.0. The van der Waals surface area contributed by atoms with Gasteiger partial charge in [-0.3, -0.25) is 9.52 Å². The average molecular weight is 425 g/mol. The Morgan fingerprint density at radius 3 is 2.33 bits per heavy atom. The Kier molecular flexibility index (Phi) is 6.74. The molecule has 3 rings (SSSR count). The first-order chi connectivity index (χ1) is 14.4. The van der Waals surface area contributed by atoms with Gasteiger partial charge in [-0.25, -0.2) is 8.42 Å². The quantitative estimate of drug-likeness (QED) is 0.589. The topological polar surface area (TPSA) is 75.7 Å². The third kappa shape index (κ3) is 5.39. The van der Waals surface area contributed by atoms with Crippen LogP contribution in [0.15, 0.2) is 83.8 Å². The summed E-state index contributed by atoms with van der Waals surface area (Å²) in [5.41, 5.74) is 1.72. The zero-order valence-electron chi connectivity index (χ0n) is 16.9. The molecule has 0 saturated heterocycles. The molecule has 6 nitrogen and oxygen atoms in total. The van der Waals surface area contributed by atoms with Crippen LogP contribution in [0, 0.1) is 0 Å². The van der Waals surface area contributed by atoms with Gasteiger partial charge in [0.05, 0.1) is 11.5 Å². The number of carbonyl (C=O) groups excluding carboxylic acids is 1. The van der Waals surface area contributed by atoms with Gasteiger partial charge in [-0.05, 0) is 55.0 Å². The molecule has 0 aliphatic rings. The lowest BCUT2D eigenvalue weighted by atomic mass is 10.1. The molecule has 0 aliphatic carbocycles. The summed E-state index contributed by atoms with van der Waals surface area (Å²) in [6, 6.07) is 22.3. The number of rotatable bonds is 8. The number of carbonyl (C=O) groups is 1. The van der Waals surface area contributed by atoms with E-state index in [9.17, 15) is 13.2 Å². The van der Waals surface area contributed by atoms with E-state index in [0.29, 0.717) is 30.2 Å². The second-order valence-electron chi connectivity index (χ2n) is 6.74. The average Bonchev–Trinajstić information content (AvgIpc) is 2.75. The lowest BCUT2D eigenvalue weighted by Crippen LogP contribution is -2.26. The predicted molar refractivity (Wildman–Crippen MR) is 117 cm³/mol. The summed E-state index contributed by atoms with van der Waals surface area (Å²) in [5, 5.41) is 0. The Balaban J connectivity index is 1.75. The van der Waals surface area contributed by atoms with E-state index in [1.165, 1.54) is 12.1 Å². The standard InChI is InChI=1S/C23H24N2O4S/c1-3-29-21-14-12-20(13-15-21)24-30(27,28)22-11-7-10-19(16-22)23(26)25(2)17-18-8-5-4-6-9-18/h4-16,24H,3,17H2,1-2H3. The van der Waals surface area contributed by atoms with E-state index in [0.717, 1.165) is 5.56 Å². The van der Waals surface area contributed by atoms with Crippen LogP contribution >= 0.6 is 0 Å². The van der Waals surface area contributed by atoms with Gasteiger partial charge < -0.3 is 9.64 Å². The van der Waals surface area contributed by atoms with Crippen molar-refractivity contribution in [1.29, 1.82) is 0 Å². The van der Waals surface area contributed by atoms with Crippen LogP contribution in [0.3, 0.4) is 0 Å². The Labute approximate surface area is 177 Å². The molecule has 0 aromatic heterocycles. The fourth-order valence-corrected chi connectivity index (χ4v) is 4.05. The van der Waals surface area contributed by atoms with Crippen molar-refractivity contribution in [2.45, 2.75) is 18.4 Å². The Bertz CT molecular complexity index is 1100. The van der Waals surface area contributed by atoms with Gasteiger partial charge in [-0.1, -0.05) is 36.4 Å². The molecule has 3 aromatic carbocycles. The molecule has 156 valence electrons. The van der Waals surface area contributed by atoms with E-state index < -0.39 is 10.0 Å². The van der Waals surface area contributed by atoms with E-state index in [2.05, 4.69) is 4.72 Å². The van der Waals surface area contributed by atoms with E-state index in [1.807, 2.05) is 37.3 Å². The van der Waals surface area contributed by atoms with Crippen LogP contribution in [0.2, 0.25) is 0 Å². The molecule has 0 saturated carbocycles. The molecule has 1 amide bonds. The summed E-state index contributed by atoms with van der Waals surface area (Å²) in [7, 11) is -2.15. The van der Waals surface area contributed by atoms with Crippen molar-refractivity contribution in [2.24, 2.45) is 0 Å². The van der Waals surface area contributed by atoms with Crippen molar-refractivity contribution in [2.75, 3.05) is 18.4 Å². The number of nitrogens with one attached hydrogen (secondary N) is 1. The molecule has 1 N–H and O–H groups in total. The number of benzene rings is 3. The molecule has 30 heavy (non-hydrogen) atoms. The zero-order valence-corrected chi connectivity index (χ0v) is 17.7. The van der Waals surface area contributed by atoms with Crippen LogP contribution < -0.4 is 9.46 Å². The van der Waals surface area contributed by atoms with Gasteiger partial charge in [0.15, 0.2) is 0 Å². The predicted octanol–water partition coefficient (Wildman–Crippen LogP) is 4.16. The molecule has 0 bridgehead atoms. The molecule has 0 atom stereocenters. The van der Waals surface area contributed by atoms with Crippen LogP contribution in [0.25, 0.3) is 0 Å². The van der Waals surface area contributed by atoms with Gasteiger partial charge in [-0.15, -0.1) is 0 Å². The minimum absolute atomic E-state index is 0.0235. The van der Waals surface area contributed by atoms with Crippen molar-refractivity contribution in [3.8, 4) is 5.75 Å². The van der Waals surface area contributed by atoms with E-state index in [1.54, 1.807) is 48.3 Å². The van der Waals surface area contributed by atoms with Gasteiger partial charge in [-0.2, -0.15) is 0 Å². The van der Waals surface area contributed by atoms with Crippen LogP contribution in [0.4, 0.5) is 5.69 Å². The number of anilines is 1. The highest BCUT2D eigenvalue weighted by molar-refractivity contribution is 7.92. The van der Waals surface area contributed by atoms with Crippen molar-refractivity contribution < 1.29 is 17.9 Å². The molecule has 0 heterocycles. The number of sulfonamides is 1. The van der Waals surface area contributed by atoms with Crippen LogP contribution in [-0.2, 0) is 16.6 Å².